The van der Waals surface area contributed by atoms with Crippen LogP contribution in [0.25, 0.3) is 11.1 Å². The summed E-state index contributed by atoms with van der Waals surface area (Å²) in [5.41, 5.74) is 5.81. The number of hydrogen-bond acceptors (Lipinski definition) is 7. The van der Waals surface area contributed by atoms with E-state index in [-0.39, 0.29) is 11.5 Å². The highest BCUT2D eigenvalue weighted by molar-refractivity contribution is 7.14. The van der Waals surface area contributed by atoms with Crippen LogP contribution >= 0.6 is 11.3 Å². The maximum absolute atomic E-state index is 13.1. The number of carbonyl (C=O) groups excluding carboxylic acids is 1. The van der Waals surface area contributed by atoms with Gasteiger partial charge in [-0.3, -0.25) is 9.59 Å². The van der Waals surface area contributed by atoms with Gasteiger partial charge in [0.1, 0.15) is 11.5 Å². The van der Waals surface area contributed by atoms with Crippen molar-refractivity contribution < 1.29 is 4.79 Å². The highest BCUT2D eigenvalue weighted by Gasteiger charge is 2.18. The minimum atomic E-state index is -0.240. The van der Waals surface area contributed by atoms with E-state index in [1.54, 1.807) is 29.8 Å². The monoisotopic (exact) mass is 528 g/mol. The van der Waals surface area contributed by atoms with Crippen molar-refractivity contribution in [2.75, 3.05) is 36.1 Å². The molecule has 196 valence electrons. The average molecular weight is 529 g/mol. The van der Waals surface area contributed by atoms with Crippen LogP contribution in [0.2, 0.25) is 0 Å². The van der Waals surface area contributed by atoms with Crippen molar-refractivity contribution >= 4 is 40.1 Å². The molecule has 3 heterocycles. The van der Waals surface area contributed by atoms with E-state index in [2.05, 4.69) is 31.2 Å². The number of H-pyrrole nitrogens is 1. The molecule has 1 aromatic carbocycles. The van der Waals surface area contributed by atoms with Gasteiger partial charge in [-0.1, -0.05) is 12.1 Å². The van der Waals surface area contributed by atoms with E-state index in [1.165, 1.54) is 23.3 Å². The van der Waals surface area contributed by atoms with Crippen LogP contribution in [0.15, 0.2) is 59.7 Å². The van der Waals surface area contributed by atoms with Crippen LogP contribution < -0.4 is 26.8 Å². The zero-order chi connectivity index (χ0) is 26.5. The molecule has 0 saturated carbocycles. The van der Waals surface area contributed by atoms with Gasteiger partial charge in [0.05, 0.1) is 16.8 Å². The first-order valence-electron chi connectivity index (χ1n) is 12.9. The maximum Gasteiger partial charge on any atom is 0.271 e. The zero-order valence-corrected chi connectivity index (χ0v) is 22.4. The Hall–Kier alpha value is -3.95. The lowest BCUT2D eigenvalue weighted by atomic mass is 9.99. The molecule has 8 nitrogen and oxygen atoms in total. The Morgan fingerprint density at radius 2 is 1.95 bits per heavy atom. The summed E-state index contributed by atoms with van der Waals surface area (Å²) in [4.78, 5) is 35.0. The number of aromatic nitrogens is 2. The third-order valence-corrected chi connectivity index (χ3v) is 7.98. The molecule has 0 saturated heterocycles. The molecule has 0 aliphatic heterocycles. The summed E-state index contributed by atoms with van der Waals surface area (Å²) in [5, 5.41) is 12.6. The average Bonchev–Trinajstić information content (AvgIpc) is 3.37. The smallest absolute Gasteiger partial charge is 0.271 e. The van der Waals surface area contributed by atoms with E-state index in [0.29, 0.717) is 11.5 Å². The third-order valence-electron chi connectivity index (χ3n) is 6.75. The van der Waals surface area contributed by atoms with Gasteiger partial charge in [0.25, 0.3) is 11.5 Å². The van der Waals surface area contributed by atoms with Crippen molar-refractivity contribution in [3.8, 4) is 11.1 Å². The van der Waals surface area contributed by atoms with E-state index < -0.39 is 0 Å². The number of amides is 1. The number of rotatable bonds is 9. The van der Waals surface area contributed by atoms with Crippen LogP contribution in [-0.2, 0) is 12.8 Å². The summed E-state index contributed by atoms with van der Waals surface area (Å²) in [6.07, 6.45) is 7.94. The second-order valence-electron chi connectivity index (χ2n) is 9.42. The van der Waals surface area contributed by atoms with Gasteiger partial charge in [-0.2, -0.15) is 0 Å². The normalized spacial score (nSPS) is 12.6. The van der Waals surface area contributed by atoms with Gasteiger partial charge in [-0.05, 0) is 86.7 Å². The molecule has 0 radical (unpaired) electrons. The second-order valence-corrected chi connectivity index (χ2v) is 10.6. The molecule has 5 rings (SSSR count). The molecular weight excluding hydrogens is 496 g/mol. The first kappa shape index (κ1) is 25.7. The summed E-state index contributed by atoms with van der Waals surface area (Å²) in [6, 6.07) is 13.4. The van der Waals surface area contributed by atoms with Gasteiger partial charge in [0, 0.05) is 35.4 Å². The van der Waals surface area contributed by atoms with Crippen molar-refractivity contribution in [2.45, 2.75) is 32.6 Å². The summed E-state index contributed by atoms with van der Waals surface area (Å²) >= 11 is 1.61. The minimum Gasteiger partial charge on any atom is -0.383 e. The van der Waals surface area contributed by atoms with E-state index in [1.807, 2.05) is 50.4 Å². The Balaban J connectivity index is 1.33. The number of nitrogens with one attached hydrogen (secondary N) is 5. The van der Waals surface area contributed by atoms with E-state index in [0.717, 1.165) is 58.9 Å². The van der Waals surface area contributed by atoms with Gasteiger partial charge >= 0.3 is 0 Å². The fraction of sp³-hybridized carbons (Fsp3) is 0.276. The number of hydrogen-bond donors (Lipinski definition) is 5. The lowest BCUT2D eigenvalue weighted by Gasteiger charge is -2.13. The summed E-state index contributed by atoms with van der Waals surface area (Å²) in [6.45, 7) is 3.62. The van der Waals surface area contributed by atoms with Gasteiger partial charge < -0.3 is 26.3 Å². The molecule has 1 amide bonds. The van der Waals surface area contributed by atoms with Gasteiger partial charge in [-0.25, -0.2) is 4.98 Å². The number of pyridine rings is 2. The van der Waals surface area contributed by atoms with Crippen molar-refractivity contribution in [3.05, 3.63) is 86.1 Å². The number of nitrogens with zero attached hydrogens (tertiary/aromatic N) is 1. The molecule has 0 bridgehead atoms. The molecule has 1 aliphatic carbocycles. The predicted octanol–water partition coefficient (Wildman–Crippen LogP) is 5.31. The number of carbonyl (C=O) groups is 1. The Kier molecular flexibility index (Phi) is 7.86. The molecule has 0 atom stereocenters. The van der Waals surface area contributed by atoms with Crippen molar-refractivity contribution in [1.82, 2.24) is 15.3 Å². The summed E-state index contributed by atoms with van der Waals surface area (Å²) in [5.74, 6) is 0.492. The number of aryl methyl sites for hydroxylation is 2. The van der Waals surface area contributed by atoms with Crippen LogP contribution in [0.5, 0.6) is 0 Å². The van der Waals surface area contributed by atoms with Crippen molar-refractivity contribution in [2.24, 2.45) is 0 Å². The van der Waals surface area contributed by atoms with E-state index in [4.69, 9.17) is 0 Å². The van der Waals surface area contributed by atoms with Crippen LogP contribution in [0.3, 0.4) is 0 Å². The first-order chi connectivity index (χ1) is 18.5. The number of benzene rings is 1. The quantitative estimate of drug-likeness (QED) is 0.188. The maximum atomic E-state index is 13.1. The fourth-order valence-electron chi connectivity index (χ4n) is 4.64. The zero-order valence-electron chi connectivity index (χ0n) is 21.6. The molecule has 0 unspecified atom stereocenters. The molecule has 1 aliphatic rings. The van der Waals surface area contributed by atoms with E-state index in [9.17, 15) is 9.59 Å². The van der Waals surface area contributed by atoms with Crippen LogP contribution in [0.4, 0.5) is 22.9 Å². The molecule has 9 heteroatoms. The summed E-state index contributed by atoms with van der Waals surface area (Å²) in [7, 11) is 1.91. The van der Waals surface area contributed by atoms with Crippen molar-refractivity contribution in [3.63, 3.8) is 0 Å². The number of anilines is 4. The Morgan fingerprint density at radius 1 is 1.08 bits per heavy atom. The predicted molar refractivity (Wildman–Crippen MR) is 156 cm³/mol. The lowest BCUT2D eigenvalue weighted by molar-refractivity contribution is 0.103. The van der Waals surface area contributed by atoms with Crippen LogP contribution in [-0.4, -0.2) is 36.0 Å². The molecule has 0 fully saturated rings. The number of aromatic amines is 1. The SMILES string of the molecule is CNCCNc1ccc(Nc2cc(-c3cccc(NC(=O)c4cc5c(s4)CCCC5)c3C)c[nH]c2=O)nc1. The third kappa shape index (κ3) is 5.79. The fourth-order valence-corrected chi connectivity index (χ4v) is 5.79. The molecule has 38 heavy (non-hydrogen) atoms. The lowest BCUT2D eigenvalue weighted by Crippen LogP contribution is -2.17. The topological polar surface area (TPSA) is 111 Å². The largest absolute Gasteiger partial charge is 0.383 e. The van der Waals surface area contributed by atoms with E-state index >= 15 is 0 Å². The van der Waals surface area contributed by atoms with Crippen LogP contribution in [0, 0.1) is 6.92 Å². The molecular formula is C29H32N6O2S. The number of likely N-dealkylation sites (N-methyl/N-ethyl adjacent to an activating group) is 1. The number of thiophene rings is 1. The highest BCUT2D eigenvalue weighted by Crippen LogP contribution is 2.32. The van der Waals surface area contributed by atoms with Crippen LogP contribution in [0.1, 0.15) is 38.5 Å². The Labute approximate surface area is 225 Å². The molecule has 5 N–H and O–H groups in total. The van der Waals surface area contributed by atoms with Gasteiger partial charge in [0.2, 0.25) is 0 Å². The standard InChI is InChI=1S/C29H32N6O2S/c1-18-22(7-5-8-23(18)35-29(37)26-15-19-6-3-4-9-25(19)38-26)20-14-24(28(36)33-16-20)34-27-11-10-21(17-32-27)31-13-12-30-2/h5,7-8,10-11,14-17,30-31H,3-4,6,9,12-13H2,1-2H3,(H,32,34)(H,33,36)(H,35,37). The highest BCUT2D eigenvalue weighted by atomic mass is 32.1. The van der Waals surface area contributed by atoms with Gasteiger partial charge in [0.15, 0.2) is 0 Å². The second kappa shape index (κ2) is 11.6. The Bertz CT molecular complexity index is 1470. The van der Waals surface area contributed by atoms with Crippen molar-refractivity contribution in [1.29, 1.82) is 0 Å². The summed E-state index contributed by atoms with van der Waals surface area (Å²) < 4.78 is 0. The first-order valence-corrected chi connectivity index (χ1v) is 13.7. The minimum absolute atomic E-state index is 0.0801. The Morgan fingerprint density at radius 3 is 2.74 bits per heavy atom. The number of fused-ring (bicyclic) bond motifs is 1. The molecule has 0 spiro atoms. The molecule has 3 aromatic heterocycles. The van der Waals surface area contributed by atoms with Gasteiger partial charge in [-0.15, -0.1) is 11.3 Å². The molecule has 4 aromatic rings.